The number of hydrogen-bond acceptors (Lipinski definition) is 6. The second-order valence-corrected chi connectivity index (χ2v) is 4.48. The number of nitrogens with two attached hydrogens (primary N) is 1. The van der Waals surface area contributed by atoms with Gasteiger partial charge < -0.3 is 15.7 Å². The Morgan fingerprint density at radius 1 is 1.32 bits per heavy atom. The van der Waals surface area contributed by atoms with Crippen LogP contribution in [-0.4, -0.2) is 28.1 Å². The van der Waals surface area contributed by atoms with E-state index in [-0.39, 0.29) is 5.84 Å². The van der Waals surface area contributed by atoms with Crippen LogP contribution in [0.15, 0.2) is 51.7 Å². The van der Waals surface area contributed by atoms with E-state index in [4.69, 9.17) is 15.7 Å². The van der Waals surface area contributed by atoms with Crippen molar-refractivity contribution in [1.82, 2.24) is 9.97 Å². The van der Waals surface area contributed by atoms with E-state index in [9.17, 15) is 0 Å². The third-order valence-corrected chi connectivity index (χ3v) is 3.34. The van der Waals surface area contributed by atoms with Crippen molar-refractivity contribution in [2.75, 3.05) is 7.11 Å². The Morgan fingerprint density at radius 2 is 2.05 bits per heavy atom. The molecule has 0 saturated carbocycles. The SMILES string of the molecule is COc1ccccc1Sc1nccnc1C(N)=NO. The first-order valence-electron chi connectivity index (χ1n) is 5.36. The van der Waals surface area contributed by atoms with Crippen molar-refractivity contribution in [3.8, 4) is 5.75 Å². The van der Waals surface area contributed by atoms with Gasteiger partial charge in [-0.25, -0.2) is 9.97 Å². The molecule has 98 valence electrons. The van der Waals surface area contributed by atoms with Gasteiger partial charge in [0.15, 0.2) is 5.84 Å². The molecule has 2 aromatic rings. The summed E-state index contributed by atoms with van der Waals surface area (Å²) in [4.78, 5) is 9.13. The first-order valence-corrected chi connectivity index (χ1v) is 6.17. The normalized spacial score (nSPS) is 11.3. The van der Waals surface area contributed by atoms with Crippen molar-refractivity contribution in [3.05, 3.63) is 42.4 Å². The molecular formula is C12H12N4O2S. The molecule has 0 aliphatic carbocycles. The lowest BCUT2D eigenvalue weighted by atomic mass is 10.3. The lowest BCUT2D eigenvalue weighted by Crippen LogP contribution is -2.16. The van der Waals surface area contributed by atoms with Gasteiger partial charge in [0, 0.05) is 12.4 Å². The Hall–Kier alpha value is -2.28. The standard InChI is InChI=1S/C12H12N4O2S/c1-18-8-4-2-3-5-9(8)19-12-10(11(13)16-17)14-6-7-15-12/h2-7,17H,1H3,(H2,13,16). The molecule has 0 aliphatic rings. The molecule has 0 radical (unpaired) electrons. The highest BCUT2D eigenvalue weighted by molar-refractivity contribution is 7.99. The number of amidine groups is 1. The first kappa shape index (κ1) is 13.2. The summed E-state index contributed by atoms with van der Waals surface area (Å²) >= 11 is 1.34. The fraction of sp³-hybridized carbons (Fsp3) is 0.0833. The van der Waals surface area contributed by atoms with Crippen LogP contribution in [0.3, 0.4) is 0 Å². The summed E-state index contributed by atoms with van der Waals surface area (Å²) in [5.74, 6) is 0.647. The highest BCUT2D eigenvalue weighted by atomic mass is 32.2. The number of rotatable bonds is 4. The zero-order chi connectivity index (χ0) is 13.7. The molecule has 1 aromatic carbocycles. The molecule has 0 amide bonds. The fourth-order valence-corrected chi connectivity index (χ4v) is 2.40. The molecule has 2 rings (SSSR count). The number of methoxy groups -OCH3 is 1. The molecule has 0 spiro atoms. The van der Waals surface area contributed by atoms with Gasteiger partial charge in [-0.05, 0) is 12.1 Å². The van der Waals surface area contributed by atoms with Crippen LogP contribution in [0.4, 0.5) is 0 Å². The summed E-state index contributed by atoms with van der Waals surface area (Å²) < 4.78 is 5.26. The maximum absolute atomic E-state index is 8.74. The Labute approximate surface area is 114 Å². The minimum atomic E-state index is -0.0782. The molecule has 0 saturated heterocycles. The van der Waals surface area contributed by atoms with E-state index in [1.807, 2.05) is 24.3 Å². The molecule has 7 heteroatoms. The lowest BCUT2D eigenvalue weighted by molar-refractivity contribution is 0.318. The zero-order valence-electron chi connectivity index (χ0n) is 10.1. The molecular weight excluding hydrogens is 264 g/mol. The van der Waals surface area contributed by atoms with Crippen LogP contribution in [0.1, 0.15) is 5.69 Å². The number of oxime groups is 1. The van der Waals surface area contributed by atoms with E-state index >= 15 is 0 Å². The van der Waals surface area contributed by atoms with Crippen LogP contribution in [0.25, 0.3) is 0 Å². The summed E-state index contributed by atoms with van der Waals surface area (Å²) in [6.07, 6.45) is 3.03. The van der Waals surface area contributed by atoms with Gasteiger partial charge in [0.05, 0.1) is 12.0 Å². The Kier molecular flexibility index (Phi) is 4.19. The monoisotopic (exact) mass is 276 g/mol. The third kappa shape index (κ3) is 2.94. The summed E-state index contributed by atoms with van der Waals surface area (Å²) in [5, 5.41) is 12.2. The fourth-order valence-electron chi connectivity index (χ4n) is 1.43. The molecule has 3 N–H and O–H groups in total. The molecule has 19 heavy (non-hydrogen) atoms. The van der Waals surface area contributed by atoms with Gasteiger partial charge in [0.25, 0.3) is 0 Å². The molecule has 0 aliphatic heterocycles. The second-order valence-electron chi connectivity index (χ2n) is 3.45. The Bertz CT molecular complexity index is 604. The minimum Gasteiger partial charge on any atom is -0.496 e. The summed E-state index contributed by atoms with van der Waals surface area (Å²) in [7, 11) is 1.60. The Morgan fingerprint density at radius 3 is 2.79 bits per heavy atom. The smallest absolute Gasteiger partial charge is 0.191 e. The predicted octanol–water partition coefficient (Wildman–Crippen LogP) is 1.73. The maximum Gasteiger partial charge on any atom is 0.191 e. The second kappa shape index (κ2) is 6.05. The number of benzene rings is 1. The van der Waals surface area contributed by atoms with Gasteiger partial charge in [-0.2, -0.15) is 0 Å². The van der Waals surface area contributed by atoms with Crippen LogP contribution < -0.4 is 10.5 Å². The van der Waals surface area contributed by atoms with E-state index < -0.39 is 0 Å². The molecule has 0 atom stereocenters. The minimum absolute atomic E-state index is 0.0782. The van der Waals surface area contributed by atoms with Crippen molar-refractivity contribution in [3.63, 3.8) is 0 Å². The highest BCUT2D eigenvalue weighted by Crippen LogP contribution is 2.34. The number of hydrogen-bond donors (Lipinski definition) is 2. The van der Waals surface area contributed by atoms with Gasteiger partial charge in [0.1, 0.15) is 16.5 Å². The van der Waals surface area contributed by atoms with Crippen LogP contribution in [-0.2, 0) is 0 Å². The summed E-state index contributed by atoms with van der Waals surface area (Å²) in [6.45, 7) is 0. The Balaban J connectivity index is 2.39. The van der Waals surface area contributed by atoms with E-state index in [1.54, 1.807) is 13.3 Å². The van der Waals surface area contributed by atoms with Crippen molar-refractivity contribution < 1.29 is 9.94 Å². The largest absolute Gasteiger partial charge is 0.496 e. The van der Waals surface area contributed by atoms with E-state index in [2.05, 4.69) is 15.1 Å². The molecule has 0 bridgehead atoms. The zero-order valence-corrected chi connectivity index (χ0v) is 11.0. The van der Waals surface area contributed by atoms with Crippen molar-refractivity contribution in [2.45, 2.75) is 9.92 Å². The third-order valence-electron chi connectivity index (χ3n) is 2.29. The van der Waals surface area contributed by atoms with Crippen LogP contribution in [0.5, 0.6) is 5.75 Å². The lowest BCUT2D eigenvalue weighted by Gasteiger charge is -2.08. The van der Waals surface area contributed by atoms with E-state index in [0.29, 0.717) is 10.7 Å². The van der Waals surface area contributed by atoms with Gasteiger partial charge in [-0.3, -0.25) is 0 Å². The highest BCUT2D eigenvalue weighted by Gasteiger charge is 2.13. The molecule has 1 aromatic heterocycles. The van der Waals surface area contributed by atoms with Crippen molar-refractivity contribution in [2.24, 2.45) is 10.9 Å². The van der Waals surface area contributed by atoms with Crippen LogP contribution in [0.2, 0.25) is 0 Å². The summed E-state index contributed by atoms with van der Waals surface area (Å²) in [5.41, 5.74) is 5.91. The van der Waals surface area contributed by atoms with Crippen LogP contribution in [0, 0.1) is 0 Å². The van der Waals surface area contributed by atoms with E-state index in [0.717, 1.165) is 10.6 Å². The van der Waals surface area contributed by atoms with Gasteiger partial charge in [0.2, 0.25) is 0 Å². The molecule has 1 heterocycles. The molecule has 0 fully saturated rings. The van der Waals surface area contributed by atoms with Crippen molar-refractivity contribution >= 4 is 17.6 Å². The van der Waals surface area contributed by atoms with Crippen LogP contribution >= 0.6 is 11.8 Å². The average Bonchev–Trinajstić information content (AvgIpc) is 2.47. The predicted molar refractivity (Wildman–Crippen MR) is 71.7 cm³/mol. The average molecular weight is 276 g/mol. The van der Waals surface area contributed by atoms with E-state index in [1.165, 1.54) is 18.0 Å². The van der Waals surface area contributed by atoms with Crippen molar-refractivity contribution in [1.29, 1.82) is 0 Å². The molecule has 0 unspecified atom stereocenters. The summed E-state index contributed by atoms with van der Waals surface area (Å²) in [6, 6.07) is 7.52. The maximum atomic E-state index is 8.74. The quantitative estimate of drug-likeness (QED) is 0.382. The number of para-hydroxylation sites is 1. The van der Waals surface area contributed by atoms with Gasteiger partial charge >= 0.3 is 0 Å². The van der Waals surface area contributed by atoms with Gasteiger partial charge in [-0.15, -0.1) is 0 Å². The first-order chi connectivity index (χ1) is 9.26. The number of nitrogens with zero attached hydrogens (tertiary/aromatic N) is 3. The van der Waals surface area contributed by atoms with Gasteiger partial charge in [-0.1, -0.05) is 29.1 Å². The number of aromatic nitrogens is 2. The number of ether oxygens (including phenoxy) is 1. The molecule has 6 nitrogen and oxygen atoms in total. The topological polar surface area (TPSA) is 93.6 Å².